The van der Waals surface area contributed by atoms with E-state index in [2.05, 4.69) is 24.3 Å². The molecule has 0 saturated carbocycles. The SMILES string of the molecule is C[C@]12CC[C@](CCOc3cccc(-c4ccccc4)c3)(O1)c1c2c(O)n(-c2ccc(C#N)c3ccccc23)c1O. The molecule has 0 radical (unpaired) electrons. The molecular weight excluding hydrogens is 500 g/mol. The third kappa shape index (κ3) is 3.52. The maximum Gasteiger partial charge on any atom is 0.205 e. The Balaban J connectivity index is 1.23. The lowest BCUT2D eigenvalue weighted by Crippen LogP contribution is -2.25. The van der Waals surface area contributed by atoms with E-state index in [1.807, 2.05) is 67.6 Å². The molecule has 0 spiro atoms. The number of benzene rings is 4. The van der Waals surface area contributed by atoms with Crippen molar-refractivity contribution in [3.8, 4) is 40.4 Å². The Kier molecular flexibility index (Phi) is 5.41. The van der Waals surface area contributed by atoms with Gasteiger partial charge in [-0.15, -0.1) is 0 Å². The minimum absolute atomic E-state index is 0.0251. The largest absolute Gasteiger partial charge is 0.494 e. The van der Waals surface area contributed by atoms with E-state index in [0.29, 0.717) is 35.4 Å². The standard InChI is InChI=1S/C34H28N2O4/c1-33-16-17-34(40-33,18-19-39-25-11-7-10-23(20-25)22-8-3-2-4-9-22)30-29(33)31(37)36(32(30)38)28-15-14-24(21-35)26-12-5-6-13-27(26)28/h2-15,20,37-38H,16-19H2,1H3/t33-,34-/m1/s1. The van der Waals surface area contributed by atoms with Gasteiger partial charge in [0, 0.05) is 17.2 Å². The molecule has 2 bridgehead atoms. The molecule has 1 saturated heterocycles. The number of ether oxygens (including phenoxy) is 2. The van der Waals surface area contributed by atoms with E-state index in [0.717, 1.165) is 40.5 Å². The Hall–Kier alpha value is -4.73. The first-order valence-corrected chi connectivity index (χ1v) is 13.5. The van der Waals surface area contributed by atoms with Crippen LogP contribution in [0.2, 0.25) is 0 Å². The summed E-state index contributed by atoms with van der Waals surface area (Å²) in [7, 11) is 0. The summed E-state index contributed by atoms with van der Waals surface area (Å²) in [6, 6.07) is 31.5. The van der Waals surface area contributed by atoms with Gasteiger partial charge in [-0.25, -0.2) is 0 Å². The summed E-state index contributed by atoms with van der Waals surface area (Å²) in [5.41, 5.74) is 3.15. The van der Waals surface area contributed by atoms with Crippen LogP contribution in [0.25, 0.3) is 27.6 Å². The first-order chi connectivity index (χ1) is 19.4. The molecule has 0 aliphatic carbocycles. The Morgan fingerprint density at radius 1 is 0.850 bits per heavy atom. The molecule has 1 aromatic heterocycles. The molecule has 2 N–H and O–H groups in total. The summed E-state index contributed by atoms with van der Waals surface area (Å²) < 4.78 is 14.3. The van der Waals surface area contributed by atoms with Crippen LogP contribution < -0.4 is 4.74 Å². The highest BCUT2D eigenvalue weighted by Gasteiger charge is 2.61. The average molecular weight is 529 g/mol. The van der Waals surface area contributed by atoms with Gasteiger partial charge in [0.1, 0.15) is 11.4 Å². The molecule has 198 valence electrons. The Bertz CT molecular complexity index is 1820. The van der Waals surface area contributed by atoms with Crippen molar-refractivity contribution in [2.24, 2.45) is 0 Å². The van der Waals surface area contributed by atoms with E-state index in [1.165, 1.54) is 4.57 Å². The number of rotatable bonds is 6. The van der Waals surface area contributed by atoms with Gasteiger partial charge in [0.15, 0.2) is 0 Å². The van der Waals surface area contributed by atoms with E-state index in [9.17, 15) is 15.5 Å². The number of nitriles is 1. The number of aromatic nitrogens is 1. The molecular formula is C34H28N2O4. The minimum atomic E-state index is -0.768. The van der Waals surface area contributed by atoms with Gasteiger partial charge in [-0.2, -0.15) is 5.26 Å². The Morgan fingerprint density at radius 3 is 2.38 bits per heavy atom. The minimum Gasteiger partial charge on any atom is -0.494 e. The quantitative estimate of drug-likeness (QED) is 0.242. The van der Waals surface area contributed by atoms with E-state index >= 15 is 0 Å². The van der Waals surface area contributed by atoms with Crippen LogP contribution in [0.4, 0.5) is 0 Å². The molecule has 6 nitrogen and oxygen atoms in total. The second kappa shape index (κ2) is 8.90. The predicted molar refractivity (Wildman–Crippen MR) is 153 cm³/mol. The smallest absolute Gasteiger partial charge is 0.205 e. The molecule has 5 aromatic rings. The van der Waals surface area contributed by atoms with Crippen LogP contribution in [0.15, 0.2) is 91.0 Å². The summed E-state index contributed by atoms with van der Waals surface area (Å²) in [5, 5.41) is 34.3. The van der Waals surface area contributed by atoms with Crippen LogP contribution in [0.1, 0.15) is 42.9 Å². The molecule has 7 rings (SSSR count). The van der Waals surface area contributed by atoms with Crippen LogP contribution in [0.3, 0.4) is 0 Å². The number of hydrogen-bond acceptors (Lipinski definition) is 5. The molecule has 2 aliphatic rings. The van der Waals surface area contributed by atoms with Crippen molar-refractivity contribution in [1.29, 1.82) is 5.26 Å². The lowest BCUT2D eigenvalue weighted by atomic mass is 9.78. The number of fused-ring (bicyclic) bond motifs is 6. The van der Waals surface area contributed by atoms with Crippen LogP contribution in [-0.2, 0) is 15.9 Å². The fourth-order valence-electron chi connectivity index (χ4n) is 6.64. The molecule has 2 atom stereocenters. The van der Waals surface area contributed by atoms with E-state index in [1.54, 1.807) is 12.1 Å². The van der Waals surface area contributed by atoms with Crippen molar-refractivity contribution < 1.29 is 19.7 Å². The van der Waals surface area contributed by atoms with Crippen LogP contribution in [0, 0.1) is 11.3 Å². The van der Waals surface area contributed by atoms with Crippen LogP contribution >= 0.6 is 0 Å². The third-order valence-electron chi connectivity index (χ3n) is 8.51. The Morgan fingerprint density at radius 2 is 1.57 bits per heavy atom. The first kappa shape index (κ1) is 24.3. The Labute approximate surface area is 232 Å². The van der Waals surface area contributed by atoms with Gasteiger partial charge in [-0.05, 0) is 55.2 Å². The molecule has 0 amide bonds. The van der Waals surface area contributed by atoms with Crippen molar-refractivity contribution in [1.82, 2.24) is 4.57 Å². The maximum absolute atomic E-state index is 11.7. The summed E-state index contributed by atoms with van der Waals surface area (Å²) in [6.45, 7) is 2.37. The zero-order chi connectivity index (χ0) is 27.5. The maximum atomic E-state index is 11.7. The molecule has 2 aliphatic heterocycles. The van der Waals surface area contributed by atoms with Gasteiger partial charge in [-0.3, -0.25) is 4.57 Å². The van der Waals surface area contributed by atoms with Crippen molar-refractivity contribution in [2.45, 2.75) is 37.4 Å². The van der Waals surface area contributed by atoms with Gasteiger partial charge in [-0.1, -0.05) is 66.7 Å². The molecule has 6 heteroatoms. The molecule has 1 fully saturated rings. The number of aromatic hydroxyl groups is 2. The van der Waals surface area contributed by atoms with Gasteiger partial charge < -0.3 is 19.7 Å². The van der Waals surface area contributed by atoms with E-state index in [-0.39, 0.29) is 11.8 Å². The van der Waals surface area contributed by atoms with Crippen molar-refractivity contribution in [3.63, 3.8) is 0 Å². The summed E-state index contributed by atoms with van der Waals surface area (Å²) in [4.78, 5) is 0. The molecule has 4 aromatic carbocycles. The fraction of sp³-hybridized carbons (Fsp3) is 0.206. The van der Waals surface area contributed by atoms with Gasteiger partial charge in [0.25, 0.3) is 0 Å². The molecule has 40 heavy (non-hydrogen) atoms. The number of nitrogens with zero attached hydrogens (tertiary/aromatic N) is 2. The summed E-state index contributed by atoms with van der Waals surface area (Å²) in [5.74, 6) is 0.713. The second-order valence-corrected chi connectivity index (χ2v) is 10.8. The lowest BCUT2D eigenvalue weighted by molar-refractivity contribution is -0.0876. The normalized spacial score (nSPS) is 20.9. The van der Waals surface area contributed by atoms with E-state index < -0.39 is 11.2 Å². The lowest BCUT2D eigenvalue weighted by Gasteiger charge is -2.26. The highest BCUT2D eigenvalue weighted by molar-refractivity contribution is 5.95. The third-order valence-corrected chi connectivity index (χ3v) is 8.51. The fourth-order valence-corrected chi connectivity index (χ4v) is 6.64. The van der Waals surface area contributed by atoms with Crippen molar-refractivity contribution in [2.75, 3.05) is 6.61 Å². The monoisotopic (exact) mass is 528 g/mol. The van der Waals surface area contributed by atoms with Crippen molar-refractivity contribution >= 4 is 10.8 Å². The number of hydrogen-bond donors (Lipinski definition) is 2. The van der Waals surface area contributed by atoms with Crippen LogP contribution in [0.5, 0.6) is 17.5 Å². The van der Waals surface area contributed by atoms with Gasteiger partial charge >= 0.3 is 0 Å². The first-order valence-electron chi connectivity index (χ1n) is 13.5. The highest BCUT2D eigenvalue weighted by atomic mass is 16.5. The predicted octanol–water partition coefficient (Wildman–Crippen LogP) is 7.28. The summed E-state index contributed by atoms with van der Waals surface area (Å²) in [6.07, 6.45) is 1.97. The van der Waals surface area contributed by atoms with Crippen molar-refractivity contribution in [3.05, 3.63) is 108 Å². The topological polar surface area (TPSA) is 87.6 Å². The molecule has 3 heterocycles. The summed E-state index contributed by atoms with van der Waals surface area (Å²) >= 11 is 0. The van der Waals surface area contributed by atoms with E-state index in [4.69, 9.17) is 9.47 Å². The zero-order valence-corrected chi connectivity index (χ0v) is 22.1. The zero-order valence-electron chi connectivity index (χ0n) is 22.1. The second-order valence-electron chi connectivity index (χ2n) is 10.8. The average Bonchev–Trinajstić information content (AvgIpc) is 3.57. The van der Waals surface area contributed by atoms with Gasteiger partial charge in [0.05, 0.1) is 40.7 Å². The highest BCUT2D eigenvalue weighted by Crippen LogP contribution is 2.65. The van der Waals surface area contributed by atoms with Gasteiger partial charge in [0.2, 0.25) is 11.8 Å². The molecule has 0 unspecified atom stereocenters. The van der Waals surface area contributed by atoms with Crippen LogP contribution in [-0.4, -0.2) is 21.4 Å².